The Labute approximate surface area is 174 Å². The van der Waals surface area contributed by atoms with E-state index in [1.807, 2.05) is 0 Å². The van der Waals surface area contributed by atoms with Crippen molar-refractivity contribution in [3.05, 3.63) is 12.2 Å². The molecule has 2 aliphatic rings. The Balaban J connectivity index is 1.49. The number of hydrogen-bond donors (Lipinski definition) is 3. The molecule has 3 N–H and O–H groups in total. The van der Waals surface area contributed by atoms with Crippen molar-refractivity contribution in [2.75, 3.05) is 6.54 Å². The SMILES string of the molecule is CC(C)(C)OC(=O)N[C@H](C=O)CCCCC/C=C\[C@@H]1CC1NC(=O)[C@@H]1CCCN1. The van der Waals surface area contributed by atoms with Gasteiger partial charge in [0.15, 0.2) is 0 Å². The van der Waals surface area contributed by atoms with Gasteiger partial charge in [-0.25, -0.2) is 4.79 Å². The molecule has 2 fully saturated rings. The van der Waals surface area contributed by atoms with Crippen molar-refractivity contribution in [2.24, 2.45) is 5.92 Å². The molecule has 1 aliphatic carbocycles. The quantitative estimate of drug-likeness (QED) is 0.278. The number of unbranched alkanes of at least 4 members (excludes halogenated alkanes) is 3. The molecule has 1 aliphatic heterocycles. The van der Waals surface area contributed by atoms with E-state index in [9.17, 15) is 14.4 Å². The molecule has 7 heteroatoms. The van der Waals surface area contributed by atoms with Crippen LogP contribution in [0, 0.1) is 5.92 Å². The smallest absolute Gasteiger partial charge is 0.408 e. The third-order valence-electron chi connectivity index (χ3n) is 5.18. The normalized spacial score (nSPS) is 24.9. The minimum absolute atomic E-state index is 0.000213. The molecule has 0 aromatic carbocycles. The van der Waals surface area contributed by atoms with Crippen LogP contribution >= 0.6 is 0 Å². The van der Waals surface area contributed by atoms with Crippen molar-refractivity contribution < 1.29 is 19.1 Å². The highest BCUT2D eigenvalue weighted by Crippen LogP contribution is 2.32. The van der Waals surface area contributed by atoms with E-state index in [-0.39, 0.29) is 11.9 Å². The van der Waals surface area contributed by atoms with Crippen LogP contribution in [0.25, 0.3) is 0 Å². The Morgan fingerprint density at radius 2 is 2.03 bits per heavy atom. The first-order valence-corrected chi connectivity index (χ1v) is 10.9. The molecule has 0 radical (unpaired) electrons. The molecule has 0 aromatic heterocycles. The van der Waals surface area contributed by atoms with Gasteiger partial charge < -0.3 is 25.5 Å². The van der Waals surface area contributed by atoms with Gasteiger partial charge in [0.1, 0.15) is 11.9 Å². The number of alkyl carbamates (subject to hydrolysis) is 1. The maximum atomic E-state index is 12.0. The summed E-state index contributed by atoms with van der Waals surface area (Å²) in [6.45, 7) is 6.32. The second-order valence-corrected chi connectivity index (χ2v) is 9.12. The number of rotatable bonds is 11. The summed E-state index contributed by atoms with van der Waals surface area (Å²) in [5.74, 6) is 0.617. The topological polar surface area (TPSA) is 96.5 Å². The van der Waals surface area contributed by atoms with Gasteiger partial charge >= 0.3 is 6.09 Å². The van der Waals surface area contributed by atoms with Gasteiger partial charge in [-0.05, 0) is 71.8 Å². The third kappa shape index (κ3) is 9.43. The fourth-order valence-corrected chi connectivity index (χ4v) is 3.49. The molecule has 1 heterocycles. The molecular weight excluding hydrogens is 370 g/mol. The van der Waals surface area contributed by atoms with Gasteiger partial charge in [0.05, 0.1) is 12.1 Å². The molecule has 0 bridgehead atoms. The van der Waals surface area contributed by atoms with E-state index in [1.54, 1.807) is 20.8 Å². The van der Waals surface area contributed by atoms with Gasteiger partial charge in [-0.2, -0.15) is 0 Å². The van der Waals surface area contributed by atoms with Crippen molar-refractivity contribution >= 4 is 18.3 Å². The first-order chi connectivity index (χ1) is 13.8. The molecule has 7 nitrogen and oxygen atoms in total. The monoisotopic (exact) mass is 407 g/mol. The predicted molar refractivity (Wildman–Crippen MR) is 113 cm³/mol. The number of carbonyl (C=O) groups excluding carboxylic acids is 3. The van der Waals surface area contributed by atoms with Crippen LogP contribution in [-0.4, -0.2) is 48.6 Å². The molecule has 1 unspecified atom stereocenters. The van der Waals surface area contributed by atoms with Crippen molar-refractivity contribution in [3.63, 3.8) is 0 Å². The number of nitrogens with one attached hydrogen (secondary N) is 3. The van der Waals surface area contributed by atoms with Crippen LogP contribution in [0.15, 0.2) is 12.2 Å². The van der Waals surface area contributed by atoms with Crippen LogP contribution in [0.1, 0.15) is 72.1 Å². The van der Waals surface area contributed by atoms with Crippen molar-refractivity contribution in [1.82, 2.24) is 16.0 Å². The lowest BCUT2D eigenvalue weighted by Crippen LogP contribution is -2.41. The maximum absolute atomic E-state index is 12.0. The first kappa shape index (κ1) is 23.4. The van der Waals surface area contributed by atoms with Crippen molar-refractivity contribution in [3.8, 4) is 0 Å². The van der Waals surface area contributed by atoms with Crippen LogP contribution in [0.2, 0.25) is 0 Å². The molecule has 1 saturated carbocycles. The van der Waals surface area contributed by atoms with E-state index in [1.165, 1.54) is 0 Å². The zero-order chi connectivity index (χ0) is 21.3. The minimum Gasteiger partial charge on any atom is -0.444 e. The molecule has 0 aromatic rings. The van der Waals surface area contributed by atoms with E-state index in [2.05, 4.69) is 28.1 Å². The summed E-state index contributed by atoms with van der Waals surface area (Å²) in [7, 11) is 0. The number of hydrogen-bond acceptors (Lipinski definition) is 5. The zero-order valence-corrected chi connectivity index (χ0v) is 18.0. The van der Waals surface area contributed by atoms with Crippen LogP contribution < -0.4 is 16.0 Å². The van der Waals surface area contributed by atoms with Crippen LogP contribution in [0.3, 0.4) is 0 Å². The van der Waals surface area contributed by atoms with E-state index < -0.39 is 17.7 Å². The molecule has 29 heavy (non-hydrogen) atoms. The molecule has 2 amide bonds. The Morgan fingerprint density at radius 3 is 2.69 bits per heavy atom. The van der Waals surface area contributed by atoms with E-state index in [4.69, 9.17) is 4.74 Å². The highest BCUT2D eigenvalue weighted by molar-refractivity contribution is 5.82. The average molecular weight is 408 g/mol. The van der Waals surface area contributed by atoms with E-state index in [0.717, 1.165) is 57.8 Å². The summed E-state index contributed by atoms with van der Waals surface area (Å²) in [5, 5.41) is 8.96. The van der Waals surface area contributed by atoms with Crippen molar-refractivity contribution in [1.29, 1.82) is 0 Å². The predicted octanol–water partition coefficient (Wildman–Crippen LogP) is 2.84. The fraction of sp³-hybridized carbons (Fsp3) is 0.773. The van der Waals surface area contributed by atoms with Gasteiger partial charge in [0, 0.05) is 6.04 Å². The maximum Gasteiger partial charge on any atom is 0.408 e. The van der Waals surface area contributed by atoms with Gasteiger partial charge in [-0.15, -0.1) is 0 Å². The lowest BCUT2D eigenvalue weighted by atomic mass is 10.1. The number of allylic oxidation sites excluding steroid dienone is 1. The molecule has 1 saturated heterocycles. The number of carbonyl (C=O) groups is 3. The largest absolute Gasteiger partial charge is 0.444 e. The Hall–Kier alpha value is -1.89. The number of aldehydes is 1. The highest BCUT2D eigenvalue weighted by Gasteiger charge is 2.37. The van der Waals surface area contributed by atoms with E-state index >= 15 is 0 Å². The highest BCUT2D eigenvalue weighted by atomic mass is 16.6. The third-order valence-corrected chi connectivity index (χ3v) is 5.18. The number of amides is 2. The second-order valence-electron chi connectivity index (χ2n) is 9.12. The molecular formula is C22H37N3O4. The summed E-state index contributed by atoms with van der Waals surface area (Å²) in [6, 6.07) is -0.195. The van der Waals surface area contributed by atoms with Crippen LogP contribution in [0.5, 0.6) is 0 Å². The van der Waals surface area contributed by atoms with Crippen LogP contribution in [-0.2, 0) is 14.3 Å². The van der Waals surface area contributed by atoms with Gasteiger partial charge in [0.2, 0.25) is 5.91 Å². The molecule has 164 valence electrons. The zero-order valence-electron chi connectivity index (χ0n) is 18.0. The van der Waals surface area contributed by atoms with Gasteiger partial charge in [0.25, 0.3) is 0 Å². The Morgan fingerprint density at radius 1 is 1.24 bits per heavy atom. The lowest BCUT2D eigenvalue weighted by Gasteiger charge is -2.21. The summed E-state index contributed by atoms with van der Waals surface area (Å²) < 4.78 is 5.17. The molecule has 0 spiro atoms. The van der Waals surface area contributed by atoms with Crippen LogP contribution in [0.4, 0.5) is 4.79 Å². The van der Waals surface area contributed by atoms with Crippen molar-refractivity contribution in [2.45, 2.75) is 95.9 Å². The number of ether oxygens (including phenoxy) is 1. The molecule has 4 atom stereocenters. The summed E-state index contributed by atoms with van der Waals surface area (Å²) in [4.78, 5) is 34.9. The second kappa shape index (κ2) is 11.3. The average Bonchev–Trinajstić information content (AvgIpc) is 3.14. The minimum atomic E-state index is -0.569. The summed E-state index contributed by atoms with van der Waals surface area (Å²) in [6.07, 6.45) is 12.2. The summed E-state index contributed by atoms with van der Waals surface area (Å²) >= 11 is 0. The fourth-order valence-electron chi connectivity index (χ4n) is 3.49. The lowest BCUT2D eigenvalue weighted by molar-refractivity contribution is -0.123. The summed E-state index contributed by atoms with van der Waals surface area (Å²) in [5.41, 5.74) is -0.569. The van der Waals surface area contributed by atoms with Gasteiger partial charge in [-0.1, -0.05) is 25.0 Å². The Kier molecular flexibility index (Phi) is 9.14. The van der Waals surface area contributed by atoms with E-state index in [0.29, 0.717) is 18.4 Å². The van der Waals surface area contributed by atoms with Gasteiger partial charge in [-0.3, -0.25) is 4.79 Å². The Bertz CT molecular complexity index is 579. The standard InChI is InChI=1S/C22H37N3O4/c1-22(2,3)29-21(28)24-17(15-26)11-8-6-4-5-7-10-16-14-19(16)25-20(27)18-12-9-13-23-18/h7,10,15-19,23H,4-6,8-9,11-14H2,1-3H3,(H,24,28)(H,25,27)/b10-7-/t16-,17+,18+,19?/m1/s1. The first-order valence-electron chi connectivity index (χ1n) is 10.9. The molecule has 2 rings (SSSR count).